The second kappa shape index (κ2) is 6.45. The lowest BCUT2D eigenvalue weighted by molar-refractivity contribution is 0.487. The molecule has 0 atom stereocenters. The fraction of sp³-hybridized carbons (Fsp3) is 0.643. The Balaban J connectivity index is 2.65. The van der Waals surface area contributed by atoms with Crippen LogP contribution in [0, 0.1) is 17.2 Å². The van der Waals surface area contributed by atoms with Crippen molar-refractivity contribution >= 4 is 0 Å². The molecule has 0 unspecified atom stereocenters. The van der Waals surface area contributed by atoms with Crippen molar-refractivity contribution in [2.24, 2.45) is 5.92 Å². The Morgan fingerprint density at radius 1 is 1.20 bits per heavy atom. The van der Waals surface area contributed by atoms with Crippen LogP contribution in [0.3, 0.4) is 0 Å². The minimum absolute atomic E-state index is 0.761. The van der Waals surface area contributed by atoms with Gasteiger partial charge in [-0.3, -0.25) is 0 Å². The van der Waals surface area contributed by atoms with Crippen molar-refractivity contribution < 1.29 is 0 Å². The number of hydrogen-bond acceptors (Lipinski definition) is 1. The number of hydrogen-bond donors (Lipinski definition) is 0. The molecule has 0 heterocycles. The van der Waals surface area contributed by atoms with E-state index < -0.39 is 0 Å². The molecule has 0 saturated heterocycles. The van der Waals surface area contributed by atoms with Crippen molar-refractivity contribution in [2.45, 2.75) is 52.4 Å². The van der Waals surface area contributed by atoms with Crippen LogP contribution in [0.1, 0.15) is 52.4 Å². The summed E-state index contributed by atoms with van der Waals surface area (Å²) in [5, 5.41) is 8.78. The van der Waals surface area contributed by atoms with Gasteiger partial charge in [-0.25, -0.2) is 0 Å². The van der Waals surface area contributed by atoms with Gasteiger partial charge in [-0.05, 0) is 37.7 Å². The molecule has 1 rings (SSSR count). The molecule has 0 amide bonds. The van der Waals surface area contributed by atoms with E-state index in [1.54, 1.807) is 5.57 Å². The van der Waals surface area contributed by atoms with E-state index in [-0.39, 0.29) is 0 Å². The molecule has 0 aromatic carbocycles. The number of allylic oxidation sites excluding steroid dienone is 4. The third-order valence-corrected chi connectivity index (χ3v) is 3.12. The van der Waals surface area contributed by atoms with Crippen molar-refractivity contribution in [3.05, 3.63) is 23.3 Å². The van der Waals surface area contributed by atoms with Crippen LogP contribution in [0.4, 0.5) is 0 Å². The summed E-state index contributed by atoms with van der Waals surface area (Å²) in [5.74, 6) is 0.761. The Morgan fingerprint density at radius 3 is 2.27 bits per heavy atom. The number of nitriles is 1. The molecule has 1 nitrogen and oxygen atoms in total. The zero-order valence-electron chi connectivity index (χ0n) is 9.92. The minimum atomic E-state index is 0.761. The molecule has 0 N–H and O–H groups in total. The first kappa shape index (κ1) is 12.0. The molecule has 0 aromatic rings. The van der Waals surface area contributed by atoms with Gasteiger partial charge in [0.15, 0.2) is 0 Å². The minimum Gasteiger partial charge on any atom is -0.193 e. The average molecular weight is 203 g/mol. The standard InChI is InChI=1S/C14H21N/c1-3-5-13(6-4-2)14-9-7-12(11-15)8-10-14/h7,9,13H,3-6,8,10H2,1-2H3. The van der Waals surface area contributed by atoms with Gasteiger partial charge in [0, 0.05) is 5.57 Å². The molecule has 1 aliphatic rings. The van der Waals surface area contributed by atoms with E-state index in [2.05, 4.69) is 26.0 Å². The summed E-state index contributed by atoms with van der Waals surface area (Å²) in [5.41, 5.74) is 2.50. The summed E-state index contributed by atoms with van der Waals surface area (Å²) in [7, 11) is 0. The van der Waals surface area contributed by atoms with E-state index >= 15 is 0 Å². The lowest BCUT2D eigenvalue weighted by atomic mass is 9.84. The Morgan fingerprint density at radius 2 is 1.87 bits per heavy atom. The molecular weight excluding hydrogens is 182 g/mol. The van der Waals surface area contributed by atoms with Gasteiger partial charge in [-0.15, -0.1) is 0 Å². The Labute approximate surface area is 93.5 Å². The van der Waals surface area contributed by atoms with Gasteiger partial charge in [-0.2, -0.15) is 5.26 Å². The van der Waals surface area contributed by atoms with Crippen LogP contribution in [0.15, 0.2) is 23.3 Å². The van der Waals surface area contributed by atoms with Gasteiger partial charge in [0.05, 0.1) is 6.07 Å². The zero-order valence-corrected chi connectivity index (χ0v) is 9.92. The van der Waals surface area contributed by atoms with Crippen molar-refractivity contribution in [2.75, 3.05) is 0 Å². The molecular formula is C14H21N. The second-order valence-electron chi connectivity index (χ2n) is 4.32. The molecule has 0 spiro atoms. The van der Waals surface area contributed by atoms with Crippen LogP contribution in [0.25, 0.3) is 0 Å². The van der Waals surface area contributed by atoms with Gasteiger partial charge >= 0.3 is 0 Å². The third-order valence-electron chi connectivity index (χ3n) is 3.12. The first-order chi connectivity index (χ1) is 7.31. The van der Waals surface area contributed by atoms with Crippen molar-refractivity contribution in [3.63, 3.8) is 0 Å². The molecule has 0 saturated carbocycles. The van der Waals surface area contributed by atoms with Gasteiger partial charge in [0.2, 0.25) is 0 Å². The van der Waals surface area contributed by atoms with Gasteiger partial charge in [0.25, 0.3) is 0 Å². The van der Waals surface area contributed by atoms with E-state index in [4.69, 9.17) is 5.26 Å². The number of nitrogens with zero attached hydrogens (tertiary/aromatic N) is 1. The Kier molecular flexibility index (Phi) is 5.18. The molecule has 0 bridgehead atoms. The molecule has 0 fully saturated rings. The molecule has 15 heavy (non-hydrogen) atoms. The third kappa shape index (κ3) is 3.55. The van der Waals surface area contributed by atoms with E-state index in [1.165, 1.54) is 25.7 Å². The summed E-state index contributed by atoms with van der Waals surface area (Å²) in [6.45, 7) is 4.51. The van der Waals surface area contributed by atoms with Crippen LogP contribution in [0.5, 0.6) is 0 Å². The molecule has 0 aliphatic heterocycles. The van der Waals surface area contributed by atoms with Gasteiger partial charge in [-0.1, -0.05) is 38.3 Å². The van der Waals surface area contributed by atoms with Crippen LogP contribution >= 0.6 is 0 Å². The SMILES string of the molecule is CCCC(CCC)C1=CC=C(C#N)CC1. The molecule has 0 aromatic heterocycles. The lowest BCUT2D eigenvalue weighted by Gasteiger charge is -2.21. The summed E-state index contributed by atoms with van der Waals surface area (Å²) in [6, 6.07) is 2.24. The summed E-state index contributed by atoms with van der Waals surface area (Å²) >= 11 is 0. The van der Waals surface area contributed by atoms with Gasteiger partial charge < -0.3 is 0 Å². The molecule has 82 valence electrons. The maximum absolute atomic E-state index is 8.78. The van der Waals surface area contributed by atoms with Gasteiger partial charge in [0.1, 0.15) is 0 Å². The normalized spacial score (nSPS) is 15.9. The Hall–Kier alpha value is -1.03. The molecule has 0 radical (unpaired) electrons. The van der Waals surface area contributed by atoms with E-state index in [0.717, 1.165) is 24.3 Å². The largest absolute Gasteiger partial charge is 0.193 e. The maximum atomic E-state index is 8.78. The fourth-order valence-electron chi connectivity index (χ4n) is 2.30. The predicted molar refractivity (Wildman–Crippen MR) is 64.3 cm³/mol. The quantitative estimate of drug-likeness (QED) is 0.650. The van der Waals surface area contributed by atoms with E-state index in [0.29, 0.717) is 0 Å². The first-order valence-corrected chi connectivity index (χ1v) is 6.11. The van der Waals surface area contributed by atoms with Crippen LogP contribution in [0.2, 0.25) is 0 Å². The van der Waals surface area contributed by atoms with Crippen molar-refractivity contribution in [1.82, 2.24) is 0 Å². The fourth-order valence-corrected chi connectivity index (χ4v) is 2.30. The number of rotatable bonds is 5. The second-order valence-corrected chi connectivity index (χ2v) is 4.32. The molecule has 1 aliphatic carbocycles. The first-order valence-electron chi connectivity index (χ1n) is 6.11. The monoisotopic (exact) mass is 203 g/mol. The van der Waals surface area contributed by atoms with Crippen LogP contribution in [-0.2, 0) is 0 Å². The van der Waals surface area contributed by atoms with Crippen molar-refractivity contribution in [1.29, 1.82) is 5.26 Å². The van der Waals surface area contributed by atoms with E-state index in [1.807, 2.05) is 6.08 Å². The highest BCUT2D eigenvalue weighted by Crippen LogP contribution is 2.30. The van der Waals surface area contributed by atoms with Crippen LogP contribution in [-0.4, -0.2) is 0 Å². The predicted octanol–water partition coefficient (Wildman–Crippen LogP) is 4.37. The van der Waals surface area contributed by atoms with Crippen LogP contribution < -0.4 is 0 Å². The molecule has 1 heteroatoms. The topological polar surface area (TPSA) is 23.8 Å². The summed E-state index contributed by atoms with van der Waals surface area (Å²) in [6.07, 6.45) is 11.4. The van der Waals surface area contributed by atoms with Crippen molar-refractivity contribution in [3.8, 4) is 6.07 Å². The summed E-state index contributed by atoms with van der Waals surface area (Å²) in [4.78, 5) is 0. The highest BCUT2D eigenvalue weighted by Gasteiger charge is 2.15. The lowest BCUT2D eigenvalue weighted by Crippen LogP contribution is -2.06. The maximum Gasteiger partial charge on any atom is 0.0947 e. The zero-order chi connectivity index (χ0) is 11.1. The summed E-state index contributed by atoms with van der Waals surface area (Å²) < 4.78 is 0. The highest BCUT2D eigenvalue weighted by molar-refractivity contribution is 5.33. The van der Waals surface area contributed by atoms with E-state index in [9.17, 15) is 0 Å². The highest BCUT2D eigenvalue weighted by atomic mass is 14.3. The smallest absolute Gasteiger partial charge is 0.0947 e. The average Bonchev–Trinajstić information content (AvgIpc) is 2.29. The Bertz CT molecular complexity index is 285.